The lowest BCUT2D eigenvalue weighted by molar-refractivity contribution is -0.0363. The minimum Gasteiger partial charge on any atom is -0.359 e. The molecule has 0 N–H and O–H groups in total. The summed E-state index contributed by atoms with van der Waals surface area (Å²) in [5.74, 6) is 0. The lowest BCUT2D eigenvalue weighted by atomic mass is 10.3. The normalized spacial score (nSPS) is 9.87. The van der Waals surface area contributed by atoms with Gasteiger partial charge in [0.25, 0.3) is 0 Å². The summed E-state index contributed by atoms with van der Waals surface area (Å²) in [6.45, 7) is 2.95. The number of nitriles is 2. The van der Waals surface area contributed by atoms with E-state index in [9.17, 15) is 0 Å². The molecule has 0 aliphatic carbocycles. The highest BCUT2D eigenvalue weighted by molar-refractivity contribution is 4.76. The molecule has 0 unspecified atom stereocenters. The number of rotatable bonds is 9. The van der Waals surface area contributed by atoms with E-state index < -0.39 is 0 Å². The van der Waals surface area contributed by atoms with Crippen molar-refractivity contribution in [1.82, 2.24) is 4.90 Å². The third-order valence-electron chi connectivity index (χ3n) is 1.83. The third kappa shape index (κ3) is 9.17. The zero-order chi connectivity index (χ0) is 11.4. The second-order valence-corrected chi connectivity index (χ2v) is 2.97. The summed E-state index contributed by atoms with van der Waals surface area (Å²) < 4.78 is 9.88. The van der Waals surface area contributed by atoms with Gasteiger partial charge in [-0.3, -0.25) is 4.90 Å². The summed E-state index contributed by atoms with van der Waals surface area (Å²) in [6.07, 6.45) is 0.964. The fourth-order valence-electron chi connectivity index (χ4n) is 1.09. The van der Waals surface area contributed by atoms with Gasteiger partial charge in [-0.1, -0.05) is 0 Å². The molecule has 0 aliphatic heterocycles. The molecule has 0 rings (SSSR count). The Bertz CT molecular complexity index is 202. The van der Waals surface area contributed by atoms with E-state index in [1.165, 1.54) is 0 Å². The fourth-order valence-corrected chi connectivity index (χ4v) is 1.09. The first kappa shape index (κ1) is 13.9. The molecule has 84 valence electrons. The summed E-state index contributed by atoms with van der Waals surface area (Å²) in [5, 5.41) is 16.9. The van der Waals surface area contributed by atoms with E-state index in [-0.39, 0.29) is 6.79 Å². The van der Waals surface area contributed by atoms with Gasteiger partial charge < -0.3 is 9.47 Å². The minimum absolute atomic E-state index is 0.282. The molecule has 0 atom stereocenters. The Kier molecular flexibility index (Phi) is 10.1. The summed E-state index contributed by atoms with van der Waals surface area (Å²) in [5.41, 5.74) is 0. The summed E-state index contributed by atoms with van der Waals surface area (Å²) >= 11 is 0. The molecule has 0 heterocycles. The second-order valence-electron chi connectivity index (χ2n) is 2.97. The molecule has 15 heavy (non-hydrogen) atoms. The molecule has 0 radical (unpaired) electrons. The van der Waals surface area contributed by atoms with Crippen LogP contribution in [0.1, 0.15) is 12.8 Å². The Hall–Kier alpha value is -1.14. The number of methoxy groups -OCH3 is 1. The van der Waals surface area contributed by atoms with Crippen LogP contribution in [0.3, 0.4) is 0 Å². The Morgan fingerprint density at radius 3 is 2.13 bits per heavy atom. The Morgan fingerprint density at radius 1 is 1.07 bits per heavy atom. The van der Waals surface area contributed by atoms with Crippen molar-refractivity contribution in [2.45, 2.75) is 12.8 Å². The largest absolute Gasteiger partial charge is 0.359 e. The van der Waals surface area contributed by atoms with Gasteiger partial charge in [-0.25, -0.2) is 0 Å². The van der Waals surface area contributed by atoms with Crippen molar-refractivity contribution in [2.75, 3.05) is 40.1 Å². The fraction of sp³-hybridized carbons (Fsp3) is 0.800. The van der Waals surface area contributed by atoms with Crippen LogP contribution in [-0.2, 0) is 9.47 Å². The van der Waals surface area contributed by atoms with Crippen LogP contribution >= 0.6 is 0 Å². The van der Waals surface area contributed by atoms with Crippen molar-refractivity contribution in [3.05, 3.63) is 0 Å². The maximum atomic E-state index is 8.46. The van der Waals surface area contributed by atoms with Gasteiger partial charge in [-0.05, 0) is 0 Å². The maximum absolute atomic E-state index is 8.46. The smallest absolute Gasteiger partial charge is 0.146 e. The monoisotopic (exact) mass is 211 g/mol. The maximum Gasteiger partial charge on any atom is 0.146 e. The number of nitrogens with zero attached hydrogens (tertiary/aromatic N) is 3. The van der Waals surface area contributed by atoms with Crippen LogP contribution in [0.15, 0.2) is 0 Å². The molecular weight excluding hydrogens is 194 g/mol. The molecule has 5 nitrogen and oxygen atoms in total. The van der Waals surface area contributed by atoms with Gasteiger partial charge in [0, 0.05) is 39.6 Å². The number of ether oxygens (including phenoxy) is 2. The molecule has 0 aromatic rings. The lowest BCUT2D eigenvalue weighted by Crippen LogP contribution is -2.29. The topological polar surface area (TPSA) is 69.3 Å². The van der Waals surface area contributed by atoms with Crippen molar-refractivity contribution in [3.63, 3.8) is 0 Å². The van der Waals surface area contributed by atoms with E-state index in [0.29, 0.717) is 32.5 Å². The van der Waals surface area contributed by atoms with Crippen LogP contribution in [0.5, 0.6) is 0 Å². The van der Waals surface area contributed by atoms with Gasteiger partial charge in [0.15, 0.2) is 0 Å². The van der Waals surface area contributed by atoms with Crippen molar-refractivity contribution in [2.24, 2.45) is 0 Å². The summed E-state index contributed by atoms with van der Waals surface area (Å²) in [6, 6.07) is 4.17. The van der Waals surface area contributed by atoms with Crippen molar-refractivity contribution >= 4 is 0 Å². The highest BCUT2D eigenvalue weighted by atomic mass is 16.7. The average Bonchev–Trinajstić information content (AvgIpc) is 2.27. The summed E-state index contributed by atoms with van der Waals surface area (Å²) in [4.78, 5) is 2.04. The molecule has 0 saturated carbocycles. The van der Waals surface area contributed by atoms with Gasteiger partial charge >= 0.3 is 0 Å². The average molecular weight is 211 g/mol. The molecule has 0 aromatic carbocycles. The van der Waals surface area contributed by atoms with Crippen LogP contribution < -0.4 is 0 Å². The van der Waals surface area contributed by atoms with Crippen LogP contribution in [0.2, 0.25) is 0 Å². The molecule has 0 saturated heterocycles. The van der Waals surface area contributed by atoms with E-state index in [4.69, 9.17) is 20.0 Å². The molecule has 0 amide bonds. The van der Waals surface area contributed by atoms with E-state index in [0.717, 1.165) is 6.54 Å². The molecule has 0 spiro atoms. The highest BCUT2D eigenvalue weighted by Crippen LogP contribution is 1.94. The minimum atomic E-state index is 0.282. The van der Waals surface area contributed by atoms with E-state index in [2.05, 4.69) is 12.1 Å². The molecule has 0 fully saturated rings. The first-order valence-electron chi connectivity index (χ1n) is 4.88. The lowest BCUT2D eigenvalue weighted by Gasteiger charge is -2.19. The van der Waals surface area contributed by atoms with Crippen LogP contribution in [0.25, 0.3) is 0 Å². The first-order valence-corrected chi connectivity index (χ1v) is 4.88. The standard InChI is InChI=1S/C10H17N3O2/c1-14-10-15-9-8-13(6-2-4-11)7-3-5-12/h2-3,6-10H2,1H3. The van der Waals surface area contributed by atoms with E-state index >= 15 is 0 Å². The molecule has 0 bridgehead atoms. The Balaban J connectivity index is 3.61. The van der Waals surface area contributed by atoms with Gasteiger partial charge in [0.2, 0.25) is 0 Å². The molecule has 0 aromatic heterocycles. The SMILES string of the molecule is COCOCCN(CCC#N)CCC#N. The van der Waals surface area contributed by atoms with Crippen molar-refractivity contribution < 1.29 is 9.47 Å². The van der Waals surface area contributed by atoms with Crippen LogP contribution in [0.4, 0.5) is 0 Å². The first-order chi connectivity index (χ1) is 7.35. The van der Waals surface area contributed by atoms with Gasteiger partial charge in [0.05, 0.1) is 18.7 Å². The molecular formula is C10H17N3O2. The Labute approximate surface area is 90.8 Å². The Morgan fingerprint density at radius 2 is 1.67 bits per heavy atom. The second kappa shape index (κ2) is 10.9. The predicted molar refractivity (Wildman–Crippen MR) is 54.7 cm³/mol. The molecule has 5 heteroatoms. The zero-order valence-corrected chi connectivity index (χ0v) is 9.11. The zero-order valence-electron chi connectivity index (χ0n) is 9.11. The van der Waals surface area contributed by atoms with Crippen molar-refractivity contribution in [1.29, 1.82) is 10.5 Å². The van der Waals surface area contributed by atoms with Crippen LogP contribution in [0, 0.1) is 22.7 Å². The number of hydrogen-bond donors (Lipinski definition) is 0. The van der Waals surface area contributed by atoms with Crippen molar-refractivity contribution in [3.8, 4) is 12.1 Å². The third-order valence-corrected chi connectivity index (χ3v) is 1.83. The van der Waals surface area contributed by atoms with E-state index in [1.54, 1.807) is 7.11 Å². The van der Waals surface area contributed by atoms with Gasteiger partial charge in [0.1, 0.15) is 6.79 Å². The molecule has 0 aliphatic rings. The highest BCUT2D eigenvalue weighted by Gasteiger charge is 2.03. The summed E-state index contributed by atoms with van der Waals surface area (Å²) in [7, 11) is 1.57. The van der Waals surface area contributed by atoms with Gasteiger partial charge in [-0.2, -0.15) is 10.5 Å². The van der Waals surface area contributed by atoms with Gasteiger partial charge in [-0.15, -0.1) is 0 Å². The van der Waals surface area contributed by atoms with E-state index in [1.807, 2.05) is 4.90 Å². The van der Waals surface area contributed by atoms with Crippen LogP contribution in [-0.4, -0.2) is 45.0 Å². The quantitative estimate of drug-likeness (QED) is 0.415. The number of hydrogen-bond acceptors (Lipinski definition) is 5. The predicted octanol–water partition coefficient (Wildman–Crippen LogP) is 0.736.